The van der Waals surface area contributed by atoms with Crippen molar-refractivity contribution in [3.05, 3.63) is 34.9 Å². The van der Waals surface area contributed by atoms with Gasteiger partial charge in [-0.2, -0.15) is 0 Å². The van der Waals surface area contributed by atoms with Crippen LogP contribution in [0.5, 0.6) is 0 Å². The maximum atomic E-state index is 11.4. The van der Waals surface area contributed by atoms with Crippen LogP contribution in [0.3, 0.4) is 0 Å². The summed E-state index contributed by atoms with van der Waals surface area (Å²) in [6.07, 6.45) is 0.364. The lowest BCUT2D eigenvalue weighted by Crippen LogP contribution is -2.04. The maximum Gasteiger partial charge on any atom is 0.164 e. The molecule has 0 radical (unpaired) electrons. The molecule has 1 aromatic carbocycles. The zero-order chi connectivity index (χ0) is 9.84. The molecular formula is C10H10Cl2O. The lowest BCUT2D eigenvalue weighted by Gasteiger charge is -2.01. The van der Waals surface area contributed by atoms with E-state index in [1.165, 1.54) is 0 Å². The summed E-state index contributed by atoms with van der Waals surface area (Å²) < 4.78 is 0. The molecule has 1 unspecified atom stereocenters. The van der Waals surface area contributed by atoms with Gasteiger partial charge in [0.2, 0.25) is 0 Å². The number of ketones is 1. The molecule has 0 saturated heterocycles. The minimum atomic E-state index is -0.122. The SMILES string of the molecule is CC(Cl)CC(=O)c1ccc(Cl)cc1. The molecule has 70 valence electrons. The molecular weight excluding hydrogens is 207 g/mol. The molecule has 1 aromatic rings. The van der Waals surface area contributed by atoms with Crippen LogP contribution >= 0.6 is 23.2 Å². The van der Waals surface area contributed by atoms with Crippen LogP contribution in [0.25, 0.3) is 0 Å². The average molecular weight is 217 g/mol. The fraction of sp³-hybridized carbons (Fsp3) is 0.300. The number of carbonyl (C=O) groups is 1. The van der Waals surface area contributed by atoms with Gasteiger partial charge in [0.1, 0.15) is 0 Å². The molecule has 0 fully saturated rings. The van der Waals surface area contributed by atoms with E-state index in [1.807, 2.05) is 0 Å². The quantitative estimate of drug-likeness (QED) is 0.559. The number of hydrogen-bond donors (Lipinski definition) is 0. The van der Waals surface area contributed by atoms with Crippen molar-refractivity contribution in [3.63, 3.8) is 0 Å². The first-order chi connectivity index (χ1) is 6.09. The van der Waals surface area contributed by atoms with Gasteiger partial charge in [-0.25, -0.2) is 0 Å². The minimum absolute atomic E-state index is 0.0548. The summed E-state index contributed by atoms with van der Waals surface area (Å²) in [5.41, 5.74) is 0.664. The molecule has 13 heavy (non-hydrogen) atoms. The smallest absolute Gasteiger partial charge is 0.164 e. The van der Waals surface area contributed by atoms with Crippen LogP contribution in [-0.2, 0) is 0 Å². The van der Waals surface area contributed by atoms with E-state index in [-0.39, 0.29) is 11.2 Å². The van der Waals surface area contributed by atoms with Crippen LogP contribution in [-0.4, -0.2) is 11.2 Å². The van der Waals surface area contributed by atoms with Crippen LogP contribution < -0.4 is 0 Å². The predicted octanol–water partition coefficient (Wildman–Crippen LogP) is 3.54. The summed E-state index contributed by atoms with van der Waals surface area (Å²) >= 11 is 11.4. The summed E-state index contributed by atoms with van der Waals surface area (Å²) in [7, 11) is 0. The van der Waals surface area contributed by atoms with E-state index in [4.69, 9.17) is 23.2 Å². The first-order valence-electron chi connectivity index (χ1n) is 4.02. The normalized spacial score (nSPS) is 12.5. The highest BCUT2D eigenvalue weighted by Crippen LogP contribution is 2.13. The molecule has 0 spiro atoms. The van der Waals surface area contributed by atoms with Crippen LogP contribution in [0.4, 0.5) is 0 Å². The van der Waals surface area contributed by atoms with Gasteiger partial charge in [-0.15, -0.1) is 11.6 Å². The number of alkyl halides is 1. The van der Waals surface area contributed by atoms with Gasteiger partial charge >= 0.3 is 0 Å². The predicted molar refractivity (Wildman–Crippen MR) is 55.7 cm³/mol. The van der Waals surface area contributed by atoms with E-state index in [0.717, 1.165) is 0 Å². The third kappa shape index (κ3) is 3.37. The Hall–Kier alpha value is -0.530. The molecule has 0 N–H and O–H groups in total. The Bertz CT molecular complexity index is 290. The second-order valence-corrected chi connectivity index (χ2v) is 4.10. The molecule has 0 aliphatic carbocycles. The van der Waals surface area contributed by atoms with Crippen molar-refractivity contribution in [1.82, 2.24) is 0 Å². The highest BCUT2D eigenvalue weighted by molar-refractivity contribution is 6.30. The second-order valence-electron chi connectivity index (χ2n) is 2.91. The fourth-order valence-corrected chi connectivity index (χ4v) is 1.28. The Morgan fingerprint density at radius 2 is 1.92 bits per heavy atom. The second kappa shape index (κ2) is 4.64. The Labute approximate surface area is 87.7 Å². The molecule has 0 heterocycles. The number of halogens is 2. The summed E-state index contributed by atoms with van der Waals surface area (Å²) in [6.45, 7) is 1.80. The van der Waals surface area contributed by atoms with Gasteiger partial charge in [0.15, 0.2) is 5.78 Å². The standard InChI is InChI=1S/C10H10Cl2O/c1-7(11)6-10(13)8-2-4-9(12)5-3-8/h2-5,7H,6H2,1H3. The van der Waals surface area contributed by atoms with Crippen molar-refractivity contribution < 1.29 is 4.79 Å². The molecule has 0 aromatic heterocycles. The highest BCUT2D eigenvalue weighted by atomic mass is 35.5. The third-order valence-electron chi connectivity index (χ3n) is 1.63. The Morgan fingerprint density at radius 1 is 1.38 bits per heavy atom. The maximum absolute atomic E-state index is 11.4. The molecule has 0 amide bonds. The topological polar surface area (TPSA) is 17.1 Å². The lowest BCUT2D eigenvalue weighted by molar-refractivity contribution is 0.0983. The molecule has 1 rings (SSSR count). The highest BCUT2D eigenvalue weighted by Gasteiger charge is 2.08. The van der Waals surface area contributed by atoms with Gasteiger partial charge in [-0.1, -0.05) is 11.6 Å². The van der Waals surface area contributed by atoms with E-state index in [2.05, 4.69) is 0 Å². The van der Waals surface area contributed by atoms with E-state index in [9.17, 15) is 4.79 Å². The van der Waals surface area contributed by atoms with E-state index in [0.29, 0.717) is 17.0 Å². The van der Waals surface area contributed by atoms with Crippen molar-refractivity contribution >= 4 is 29.0 Å². The molecule has 0 bridgehead atoms. The Morgan fingerprint density at radius 3 is 2.38 bits per heavy atom. The molecule has 3 heteroatoms. The van der Waals surface area contributed by atoms with E-state index < -0.39 is 0 Å². The Balaban J connectivity index is 2.72. The van der Waals surface area contributed by atoms with Gasteiger partial charge in [-0.05, 0) is 31.2 Å². The molecule has 0 aliphatic heterocycles. The molecule has 0 saturated carbocycles. The summed E-state index contributed by atoms with van der Waals surface area (Å²) in [4.78, 5) is 11.4. The van der Waals surface area contributed by atoms with Crippen molar-refractivity contribution in [3.8, 4) is 0 Å². The monoisotopic (exact) mass is 216 g/mol. The third-order valence-corrected chi connectivity index (χ3v) is 2.04. The van der Waals surface area contributed by atoms with E-state index in [1.54, 1.807) is 31.2 Å². The summed E-state index contributed by atoms with van der Waals surface area (Å²) in [5.74, 6) is 0.0548. The number of rotatable bonds is 3. The van der Waals surface area contributed by atoms with Gasteiger partial charge in [0, 0.05) is 22.4 Å². The lowest BCUT2D eigenvalue weighted by atomic mass is 10.1. The van der Waals surface area contributed by atoms with Gasteiger partial charge < -0.3 is 0 Å². The van der Waals surface area contributed by atoms with Crippen LogP contribution in [0, 0.1) is 0 Å². The molecule has 0 aliphatic rings. The summed E-state index contributed by atoms with van der Waals surface area (Å²) in [6, 6.07) is 6.83. The fourth-order valence-electron chi connectivity index (χ4n) is 1.01. The average Bonchev–Trinajstić information content (AvgIpc) is 2.04. The molecule has 1 atom stereocenters. The van der Waals surface area contributed by atoms with Crippen LogP contribution in [0.15, 0.2) is 24.3 Å². The van der Waals surface area contributed by atoms with Crippen molar-refractivity contribution in [2.75, 3.05) is 0 Å². The number of benzene rings is 1. The minimum Gasteiger partial charge on any atom is -0.294 e. The van der Waals surface area contributed by atoms with Gasteiger partial charge in [0.25, 0.3) is 0 Å². The first-order valence-corrected chi connectivity index (χ1v) is 4.84. The van der Waals surface area contributed by atoms with Crippen molar-refractivity contribution in [2.45, 2.75) is 18.7 Å². The van der Waals surface area contributed by atoms with Crippen LogP contribution in [0.2, 0.25) is 5.02 Å². The van der Waals surface area contributed by atoms with Crippen molar-refractivity contribution in [2.24, 2.45) is 0 Å². The van der Waals surface area contributed by atoms with Gasteiger partial charge in [-0.3, -0.25) is 4.79 Å². The number of Topliss-reactive ketones (excluding diaryl/α,β-unsaturated/α-hetero) is 1. The Kier molecular flexibility index (Phi) is 3.76. The van der Waals surface area contributed by atoms with Crippen LogP contribution in [0.1, 0.15) is 23.7 Å². The van der Waals surface area contributed by atoms with Gasteiger partial charge in [0.05, 0.1) is 0 Å². The largest absolute Gasteiger partial charge is 0.294 e. The number of hydrogen-bond acceptors (Lipinski definition) is 1. The number of carbonyl (C=O) groups excluding carboxylic acids is 1. The first kappa shape index (κ1) is 10.6. The summed E-state index contributed by atoms with van der Waals surface area (Å²) in [5, 5.41) is 0.513. The molecule has 1 nitrogen and oxygen atoms in total. The zero-order valence-electron chi connectivity index (χ0n) is 7.26. The zero-order valence-corrected chi connectivity index (χ0v) is 8.77. The van der Waals surface area contributed by atoms with Crippen molar-refractivity contribution in [1.29, 1.82) is 0 Å². The van der Waals surface area contributed by atoms with E-state index >= 15 is 0 Å².